The Morgan fingerprint density at radius 1 is 1.13 bits per heavy atom. The van der Waals surface area contributed by atoms with Crippen LogP contribution >= 0.6 is 11.6 Å². The minimum Gasteiger partial charge on any atom is -0.497 e. The van der Waals surface area contributed by atoms with Gasteiger partial charge in [0.15, 0.2) is 5.82 Å². The number of aromatic nitrogens is 4. The van der Waals surface area contributed by atoms with Crippen molar-refractivity contribution in [2.45, 2.75) is 6.42 Å². The number of fused-ring (bicyclic) bond motifs is 1. The van der Waals surface area contributed by atoms with Crippen molar-refractivity contribution < 1.29 is 14.3 Å². The van der Waals surface area contributed by atoms with E-state index in [9.17, 15) is 9.59 Å². The summed E-state index contributed by atoms with van der Waals surface area (Å²) in [4.78, 5) is 24.8. The summed E-state index contributed by atoms with van der Waals surface area (Å²) in [5.41, 5.74) is 1.77. The molecule has 0 spiro atoms. The molecular formula is C21H18ClN5O4. The van der Waals surface area contributed by atoms with E-state index >= 15 is 0 Å². The maximum atomic E-state index is 12.6. The Hall–Kier alpha value is -3.85. The van der Waals surface area contributed by atoms with E-state index < -0.39 is 5.56 Å². The molecule has 9 nitrogen and oxygen atoms in total. The van der Waals surface area contributed by atoms with Gasteiger partial charge in [-0.1, -0.05) is 11.6 Å². The van der Waals surface area contributed by atoms with Crippen LogP contribution in [0.2, 0.25) is 5.02 Å². The van der Waals surface area contributed by atoms with Crippen LogP contribution in [0, 0.1) is 0 Å². The number of carbonyl (C=O) groups is 1. The van der Waals surface area contributed by atoms with Gasteiger partial charge in [0.1, 0.15) is 17.0 Å². The lowest BCUT2D eigenvalue weighted by Gasteiger charge is -2.08. The smallest absolute Gasteiger partial charge is 0.290 e. The summed E-state index contributed by atoms with van der Waals surface area (Å²) in [5.74, 6) is 1.16. The zero-order valence-corrected chi connectivity index (χ0v) is 17.4. The normalized spacial score (nSPS) is 10.8. The van der Waals surface area contributed by atoms with Crippen molar-refractivity contribution >= 4 is 28.7 Å². The van der Waals surface area contributed by atoms with Crippen molar-refractivity contribution in [3.8, 4) is 22.8 Å². The Balaban J connectivity index is 1.60. The Bertz CT molecular complexity index is 1310. The van der Waals surface area contributed by atoms with Gasteiger partial charge in [-0.05, 0) is 48.5 Å². The lowest BCUT2D eigenvalue weighted by Crippen LogP contribution is -2.22. The topological polar surface area (TPSA) is 111 Å². The van der Waals surface area contributed by atoms with Crippen LogP contribution in [0.5, 0.6) is 11.5 Å². The quantitative estimate of drug-likeness (QED) is 0.478. The first-order valence-electron chi connectivity index (χ1n) is 9.23. The summed E-state index contributed by atoms with van der Waals surface area (Å²) in [6.45, 7) is 0. The third kappa shape index (κ3) is 4.22. The number of H-pyrrole nitrogens is 1. The third-order valence-corrected chi connectivity index (χ3v) is 4.91. The summed E-state index contributed by atoms with van der Waals surface area (Å²) in [5, 5.41) is 14.0. The van der Waals surface area contributed by atoms with E-state index in [0.717, 1.165) is 5.56 Å². The summed E-state index contributed by atoms with van der Waals surface area (Å²) in [6.07, 6.45) is -0.110. The summed E-state index contributed by atoms with van der Waals surface area (Å²) >= 11 is 6.10. The molecule has 0 radical (unpaired) electrons. The zero-order valence-electron chi connectivity index (χ0n) is 16.7. The average molecular weight is 440 g/mol. The first kappa shape index (κ1) is 20.4. The monoisotopic (exact) mass is 439 g/mol. The molecule has 0 bridgehead atoms. The summed E-state index contributed by atoms with van der Waals surface area (Å²) in [6, 6.07) is 13.8. The summed E-state index contributed by atoms with van der Waals surface area (Å²) in [7, 11) is 3.10. The molecule has 0 fully saturated rings. The molecule has 31 heavy (non-hydrogen) atoms. The molecule has 158 valence electrons. The van der Waals surface area contributed by atoms with E-state index in [2.05, 4.69) is 20.6 Å². The minimum atomic E-state index is -0.404. The number of ether oxygens (including phenoxy) is 2. The molecule has 1 amide bonds. The molecule has 0 saturated heterocycles. The fraction of sp³-hybridized carbons (Fsp3) is 0.143. The van der Waals surface area contributed by atoms with Gasteiger partial charge in [0.05, 0.1) is 31.4 Å². The average Bonchev–Trinajstić information content (AvgIpc) is 3.23. The fourth-order valence-corrected chi connectivity index (χ4v) is 3.33. The van der Waals surface area contributed by atoms with E-state index in [1.165, 1.54) is 11.6 Å². The number of carbonyl (C=O) groups excluding carboxylic acids is 1. The Morgan fingerprint density at radius 3 is 2.58 bits per heavy atom. The van der Waals surface area contributed by atoms with Crippen LogP contribution in [-0.2, 0) is 11.2 Å². The van der Waals surface area contributed by atoms with Crippen LogP contribution in [0.1, 0.15) is 5.82 Å². The molecule has 2 aromatic carbocycles. The molecule has 2 aromatic heterocycles. The Morgan fingerprint density at radius 2 is 1.90 bits per heavy atom. The highest BCUT2D eigenvalue weighted by Gasteiger charge is 2.15. The second-order valence-electron chi connectivity index (χ2n) is 6.60. The third-order valence-electron chi connectivity index (χ3n) is 4.61. The van der Waals surface area contributed by atoms with E-state index in [-0.39, 0.29) is 23.7 Å². The van der Waals surface area contributed by atoms with E-state index in [4.69, 9.17) is 21.1 Å². The highest BCUT2D eigenvalue weighted by atomic mass is 35.5. The second-order valence-corrected chi connectivity index (χ2v) is 7.01. The number of nitrogens with one attached hydrogen (secondary N) is 2. The van der Waals surface area contributed by atoms with Gasteiger partial charge in [-0.25, -0.2) is 9.61 Å². The molecule has 2 N–H and O–H groups in total. The number of anilines is 1. The van der Waals surface area contributed by atoms with E-state index in [1.54, 1.807) is 43.5 Å². The van der Waals surface area contributed by atoms with Crippen LogP contribution in [0.4, 0.5) is 5.69 Å². The SMILES string of the molecule is COc1ccc(-c2cc3c(=O)[nH]nc(CC(=O)Nc4ccc(OC)c(Cl)c4)n3n2)cc1. The van der Waals surface area contributed by atoms with Gasteiger partial charge in [-0.3, -0.25) is 9.59 Å². The largest absolute Gasteiger partial charge is 0.497 e. The Labute approximate surface area is 181 Å². The first-order chi connectivity index (χ1) is 15.0. The molecule has 2 heterocycles. The number of rotatable bonds is 6. The molecule has 0 atom stereocenters. The van der Waals surface area contributed by atoms with Crippen LogP contribution in [-0.4, -0.2) is 39.9 Å². The molecule has 0 aliphatic heterocycles. The molecule has 4 rings (SSSR count). The van der Waals surface area contributed by atoms with Crippen molar-refractivity contribution in [3.63, 3.8) is 0 Å². The van der Waals surface area contributed by atoms with Gasteiger partial charge in [0.25, 0.3) is 5.56 Å². The lowest BCUT2D eigenvalue weighted by atomic mass is 10.1. The van der Waals surface area contributed by atoms with Crippen LogP contribution in [0.15, 0.2) is 53.3 Å². The maximum absolute atomic E-state index is 12.6. The van der Waals surface area contributed by atoms with Crippen LogP contribution in [0.3, 0.4) is 0 Å². The Kier molecular flexibility index (Phi) is 5.59. The highest BCUT2D eigenvalue weighted by molar-refractivity contribution is 6.32. The van der Waals surface area contributed by atoms with Crippen molar-refractivity contribution in [1.82, 2.24) is 19.8 Å². The van der Waals surface area contributed by atoms with Gasteiger partial charge in [0, 0.05) is 11.3 Å². The van der Waals surface area contributed by atoms with Gasteiger partial charge in [-0.15, -0.1) is 0 Å². The number of aromatic amines is 1. The maximum Gasteiger partial charge on any atom is 0.290 e. The summed E-state index contributed by atoms with van der Waals surface area (Å²) < 4.78 is 11.6. The number of nitrogens with zero attached hydrogens (tertiary/aromatic N) is 3. The van der Waals surface area contributed by atoms with Crippen molar-refractivity contribution in [2.75, 3.05) is 19.5 Å². The molecule has 0 aliphatic rings. The van der Waals surface area contributed by atoms with Gasteiger partial charge in [-0.2, -0.15) is 10.2 Å². The van der Waals surface area contributed by atoms with Crippen LogP contribution < -0.4 is 20.3 Å². The van der Waals surface area contributed by atoms with E-state index in [1.807, 2.05) is 12.1 Å². The molecular weight excluding hydrogens is 422 g/mol. The lowest BCUT2D eigenvalue weighted by molar-refractivity contribution is -0.115. The number of methoxy groups -OCH3 is 2. The molecule has 0 unspecified atom stereocenters. The van der Waals surface area contributed by atoms with Gasteiger partial charge < -0.3 is 14.8 Å². The fourth-order valence-electron chi connectivity index (χ4n) is 3.07. The van der Waals surface area contributed by atoms with Gasteiger partial charge in [0.2, 0.25) is 5.91 Å². The molecule has 0 aliphatic carbocycles. The predicted molar refractivity (Wildman–Crippen MR) is 116 cm³/mol. The van der Waals surface area contributed by atoms with E-state index in [0.29, 0.717) is 27.9 Å². The van der Waals surface area contributed by atoms with Crippen molar-refractivity contribution in [2.24, 2.45) is 0 Å². The minimum absolute atomic E-state index is 0.110. The number of hydrogen-bond donors (Lipinski definition) is 2. The molecule has 10 heteroatoms. The number of benzene rings is 2. The number of amides is 1. The number of halogens is 1. The highest BCUT2D eigenvalue weighted by Crippen LogP contribution is 2.27. The molecule has 4 aromatic rings. The molecule has 0 saturated carbocycles. The first-order valence-corrected chi connectivity index (χ1v) is 9.61. The van der Waals surface area contributed by atoms with Crippen LogP contribution in [0.25, 0.3) is 16.8 Å². The zero-order chi connectivity index (χ0) is 22.0. The predicted octanol–water partition coefficient (Wildman–Crippen LogP) is 2.94. The standard InChI is InChI=1S/C21H18ClN5O4/c1-30-14-6-3-12(4-7-14)16-10-17-21(29)25-24-19(27(17)26-16)11-20(28)23-13-5-8-18(31-2)15(22)9-13/h3-10H,11H2,1-2H3,(H,23,28)(H,25,29). The van der Waals surface area contributed by atoms with Crippen molar-refractivity contribution in [1.29, 1.82) is 0 Å². The van der Waals surface area contributed by atoms with Gasteiger partial charge >= 0.3 is 0 Å². The number of hydrogen-bond acceptors (Lipinski definition) is 6. The second kappa shape index (κ2) is 8.49. The van der Waals surface area contributed by atoms with Crippen molar-refractivity contribution in [3.05, 3.63) is 69.7 Å².